The number of nitrogens with zero attached hydrogens (tertiary/aromatic N) is 4. The van der Waals surface area contributed by atoms with Gasteiger partial charge >= 0.3 is 6.09 Å². The Kier molecular flexibility index (Phi) is 4.80. The Hall–Kier alpha value is -1.63. The van der Waals surface area contributed by atoms with E-state index >= 15 is 0 Å². The molecule has 0 saturated carbocycles. The Morgan fingerprint density at radius 3 is 2.71 bits per heavy atom. The van der Waals surface area contributed by atoms with Gasteiger partial charge in [-0.05, 0) is 67.6 Å². The van der Waals surface area contributed by atoms with Crippen LogP contribution < -0.4 is 0 Å². The van der Waals surface area contributed by atoms with Gasteiger partial charge in [-0.1, -0.05) is 11.3 Å². The molecule has 2 aromatic rings. The number of halogens is 1. The number of carbonyl (C=O) groups excluding carboxylic acids is 1. The molecule has 0 atom stereocenters. The first-order chi connectivity index (χ1) is 11.3. The van der Waals surface area contributed by atoms with Gasteiger partial charge in [0.05, 0.1) is 5.52 Å². The molecule has 1 aliphatic heterocycles. The molecule has 24 heavy (non-hydrogen) atoms. The lowest BCUT2D eigenvalue weighted by atomic mass is 9.97. The second-order valence-electron chi connectivity index (χ2n) is 7.29. The molecular formula is C17H23BrN4O2. The molecule has 0 N–H and O–H groups in total. The minimum Gasteiger partial charge on any atom is -0.444 e. The predicted octanol–water partition coefficient (Wildman–Crippen LogP) is 3.84. The Balaban J connectivity index is 1.59. The molecule has 1 saturated heterocycles. The number of benzene rings is 1. The summed E-state index contributed by atoms with van der Waals surface area (Å²) < 4.78 is 8.37. The zero-order valence-corrected chi connectivity index (χ0v) is 15.9. The highest BCUT2D eigenvalue weighted by Gasteiger charge is 2.27. The van der Waals surface area contributed by atoms with E-state index in [4.69, 9.17) is 4.74 Å². The zero-order valence-electron chi connectivity index (χ0n) is 14.3. The van der Waals surface area contributed by atoms with Crippen LogP contribution in [0.15, 0.2) is 22.7 Å². The van der Waals surface area contributed by atoms with Crippen molar-refractivity contribution in [1.82, 2.24) is 19.9 Å². The molecule has 1 aromatic heterocycles. The van der Waals surface area contributed by atoms with Gasteiger partial charge in [0.2, 0.25) is 0 Å². The van der Waals surface area contributed by atoms with Crippen molar-refractivity contribution in [3.63, 3.8) is 0 Å². The zero-order chi connectivity index (χ0) is 17.3. The first-order valence-electron chi connectivity index (χ1n) is 8.29. The second-order valence-corrected chi connectivity index (χ2v) is 8.14. The quantitative estimate of drug-likeness (QED) is 0.775. The number of rotatable bonds is 2. The van der Waals surface area contributed by atoms with Crippen molar-refractivity contribution >= 4 is 33.1 Å². The van der Waals surface area contributed by atoms with Gasteiger partial charge in [-0.25, -0.2) is 9.48 Å². The van der Waals surface area contributed by atoms with Crippen LogP contribution in [0.2, 0.25) is 0 Å². The average Bonchev–Trinajstić information content (AvgIpc) is 2.91. The number of aromatic nitrogens is 3. The van der Waals surface area contributed by atoms with Gasteiger partial charge in [0.15, 0.2) is 0 Å². The Morgan fingerprint density at radius 1 is 1.33 bits per heavy atom. The average molecular weight is 395 g/mol. The topological polar surface area (TPSA) is 60.2 Å². The fraction of sp³-hybridized carbons (Fsp3) is 0.588. The van der Waals surface area contributed by atoms with Crippen molar-refractivity contribution in [2.45, 2.75) is 45.8 Å². The Bertz CT molecular complexity index is 730. The van der Waals surface area contributed by atoms with E-state index in [1.165, 1.54) is 0 Å². The summed E-state index contributed by atoms with van der Waals surface area (Å²) in [6.45, 7) is 7.98. The number of hydrogen-bond acceptors (Lipinski definition) is 4. The van der Waals surface area contributed by atoms with Gasteiger partial charge in [0.1, 0.15) is 11.1 Å². The first kappa shape index (κ1) is 17.2. The molecule has 0 bridgehead atoms. The summed E-state index contributed by atoms with van der Waals surface area (Å²) >= 11 is 3.51. The molecule has 1 amide bonds. The van der Waals surface area contributed by atoms with E-state index in [2.05, 4.69) is 26.2 Å². The van der Waals surface area contributed by atoms with Crippen molar-refractivity contribution in [3.05, 3.63) is 22.7 Å². The standard InChI is InChI=1S/C17H23BrN4O2/c1-17(2,3)24-16(23)21-9-7-12(8-10-21)11-22-14-6-4-5-13(18)15(14)19-20-22/h4-6,12H,7-11H2,1-3H3. The lowest BCUT2D eigenvalue weighted by Gasteiger charge is -2.33. The van der Waals surface area contributed by atoms with Crippen LogP contribution in [0.5, 0.6) is 0 Å². The highest BCUT2D eigenvalue weighted by Crippen LogP contribution is 2.25. The monoisotopic (exact) mass is 394 g/mol. The largest absolute Gasteiger partial charge is 0.444 e. The number of likely N-dealkylation sites (tertiary alicyclic amines) is 1. The SMILES string of the molecule is CC(C)(C)OC(=O)N1CCC(Cn2nnc3c(Br)cccc32)CC1. The number of hydrogen-bond donors (Lipinski definition) is 0. The fourth-order valence-electron chi connectivity index (χ4n) is 2.96. The van der Waals surface area contributed by atoms with Crippen molar-refractivity contribution in [1.29, 1.82) is 0 Å². The highest BCUT2D eigenvalue weighted by molar-refractivity contribution is 9.10. The van der Waals surface area contributed by atoms with Crippen molar-refractivity contribution in [2.75, 3.05) is 13.1 Å². The summed E-state index contributed by atoms with van der Waals surface area (Å²) in [5.74, 6) is 0.493. The molecule has 6 nitrogen and oxygen atoms in total. The highest BCUT2D eigenvalue weighted by atomic mass is 79.9. The maximum absolute atomic E-state index is 12.1. The van der Waals surface area contributed by atoms with Gasteiger partial charge in [-0.2, -0.15) is 0 Å². The number of ether oxygens (including phenoxy) is 1. The summed E-state index contributed by atoms with van der Waals surface area (Å²) in [7, 11) is 0. The fourth-order valence-corrected chi connectivity index (χ4v) is 3.40. The van der Waals surface area contributed by atoms with E-state index in [-0.39, 0.29) is 6.09 Å². The predicted molar refractivity (Wildman–Crippen MR) is 95.8 cm³/mol. The van der Waals surface area contributed by atoms with Crippen LogP contribution in [-0.2, 0) is 11.3 Å². The minimum absolute atomic E-state index is 0.212. The maximum Gasteiger partial charge on any atom is 0.410 e. The molecular weight excluding hydrogens is 372 g/mol. The van der Waals surface area contributed by atoms with E-state index in [1.807, 2.05) is 43.7 Å². The van der Waals surface area contributed by atoms with Gasteiger partial charge < -0.3 is 9.64 Å². The van der Waals surface area contributed by atoms with Crippen molar-refractivity contribution in [2.24, 2.45) is 5.92 Å². The summed E-state index contributed by atoms with van der Waals surface area (Å²) in [4.78, 5) is 13.9. The van der Waals surface area contributed by atoms with Gasteiger partial charge in [-0.3, -0.25) is 0 Å². The van der Waals surface area contributed by atoms with Crippen LogP contribution in [0, 0.1) is 5.92 Å². The third kappa shape index (κ3) is 3.88. The van der Waals surface area contributed by atoms with E-state index < -0.39 is 5.60 Å². The van der Waals surface area contributed by atoms with E-state index in [1.54, 1.807) is 4.90 Å². The third-order valence-electron chi connectivity index (χ3n) is 4.19. The number of piperidine rings is 1. The number of amides is 1. The molecule has 1 aromatic carbocycles. The van der Waals surface area contributed by atoms with E-state index in [0.29, 0.717) is 5.92 Å². The smallest absolute Gasteiger partial charge is 0.410 e. The molecule has 0 unspecified atom stereocenters. The van der Waals surface area contributed by atoms with Gasteiger partial charge in [0, 0.05) is 24.1 Å². The lowest BCUT2D eigenvalue weighted by molar-refractivity contribution is 0.0177. The van der Waals surface area contributed by atoms with Crippen LogP contribution in [0.3, 0.4) is 0 Å². The first-order valence-corrected chi connectivity index (χ1v) is 9.08. The molecule has 2 heterocycles. The molecule has 0 aliphatic carbocycles. The van der Waals surface area contributed by atoms with Crippen LogP contribution in [0.25, 0.3) is 11.0 Å². The van der Waals surface area contributed by atoms with Crippen LogP contribution in [-0.4, -0.2) is 44.7 Å². The molecule has 0 spiro atoms. The number of carbonyl (C=O) groups is 1. The second kappa shape index (κ2) is 6.70. The molecule has 1 aliphatic rings. The summed E-state index contributed by atoms with van der Waals surface area (Å²) in [6, 6.07) is 6.01. The molecule has 1 fully saturated rings. The van der Waals surface area contributed by atoms with Crippen LogP contribution in [0.4, 0.5) is 4.79 Å². The summed E-state index contributed by atoms with van der Waals surface area (Å²) in [5, 5.41) is 8.53. The van der Waals surface area contributed by atoms with E-state index in [9.17, 15) is 4.79 Å². The molecule has 0 radical (unpaired) electrons. The molecule has 130 valence electrons. The third-order valence-corrected chi connectivity index (χ3v) is 4.83. The van der Waals surface area contributed by atoms with Gasteiger partial charge in [-0.15, -0.1) is 5.10 Å². The molecule has 7 heteroatoms. The number of fused-ring (bicyclic) bond motifs is 1. The summed E-state index contributed by atoms with van der Waals surface area (Å²) in [6.07, 6.45) is 1.69. The van der Waals surface area contributed by atoms with Crippen LogP contribution in [0.1, 0.15) is 33.6 Å². The Labute approximate surface area is 150 Å². The molecule has 3 rings (SSSR count). The van der Waals surface area contributed by atoms with Crippen molar-refractivity contribution < 1.29 is 9.53 Å². The normalized spacial score (nSPS) is 16.6. The van der Waals surface area contributed by atoms with Gasteiger partial charge in [0.25, 0.3) is 0 Å². The Morgan fingerprint density at radius 2 is 2.04 bits per heavy atom. The minimum atomic E-state index is -0.443. The maximum atomic E-state index is 12.1. The van der Waals surface area contributed by atoms with Crippen LogP contribution >= 0.6 is 15.9 Å². The lowest BCUT2D eigenvalue weighted by Crippen LogP contribution is -2.42. The summed E-state index contributed by atoms with van der Waals surface area (Å²) in [5.41, 5.74) is 1.49. The van der Waals surface area contributed by atoms with E-state index in [0.717, 1.165) is 48.0 Å². The van der Waals surface area contributed by atoms with Crippen molar-refractivity contribution in [3.8, 4) is 0 Å².